The van der Waals surface area contributed by atoms with E-state index in [4.69, 9.17) is 4.18 Å². The highest BCUT2D eigenvalue weighted by Gasteiger charge is 2.35. The first kappa shape index (κ1) is 16.9. The third-order valence-electron chi connectivity index (χ3n) is 4.28. The van der Waals surface area contributed by atoms with E-state index in [0.29, 0.717) is 6.10 Å². The first-order chi connectivity index (χ1) is 10.3. The summed E-state index contributed by atoms with van der Waals surface area (Å²) in [4.78, 5) is 3.88. The molecule has 1 saturated carbocycles. The van der Waals surface area contributed by atoms with E-state index < -0.39 is 0 Å². The highest BCUT2D eigenvalue weighted by atomic mass is 32.2. The van der Waals surface area contributed by atoms with Crippen LogP contribution in [0.5, 0.6) is 0 Å². The molecule has 1 aliphatic heterocycles. The van der Waals surface area contributed by atoms with Crippen LogP contribution in [0.2, 0.25) is 0 Å². The van der Waals surface area contributed by atoms with Crippen molar-refractivity contribution < 1.29 is 4.18 Å². The molecule has 0 atom stereocenters. The van der Waals surface area contributed by atoms with Crippen molar-refractivity contribution in [2.45, 2.75) is 69.9 Å². The van der Waals surface area contributed by atoms with Gasteiger partial charge in [0.25, 0.3) is 0 Å². The quantitative estimate of drug-likeness (QED) is 0.721. The van der Waals surface area contributed by atoms with Crippen molar-refractivity contribution in [3.8, 4) is 0 Å². The Balaban J connectivity index is 0.000000774. The van der Waals surface area contributed by atoms with Gasteiger partial charge in [-0.05, 0) is 57.8 Å². The maximum absolute atomic E-state index is 5.91. The summed E-state index contributed by atoms with van der Waals surface area (Å²) in [5.74, 6) is 0. The SMILES string of the molecule is CC.Cc1ccc(SOC2CC(N3CCCCC3)C2)cc1. The third kappa shape index (κ3) is 5.01. The number of likely N-dealkylation sites (tertiary alicyclic amines) is 1. The third-order valence-corrected chi connectivity index (χ3v) is 5.11. The van der Waals surface area contributed by atoms with Crippen LogP contribution >= 0.6 is 12.0 Å². The molecule has 1 aromatic carbocycles. The van der Waals surface area contributed by atoms with Crippen LogP contribution in [0.25, 0.3) is 0 Å². The Morgan fingerprint density at radius 2 is 1.62 bits per heavy atom. The van der Waals surface area contributed by atoms with E-state index in [2.05, 4.69) is 36.1 Å². The lowest BCUT2D eigenvalue weighted by molar-refractivity contribution is 0.0192. The van der Waals surface area contributed by atoms with Gasteiger partial charge in [0.1, 0.15) is 0 Å². The smallest absolute Gasteiger partial charge is 0.0756 e. The lowest BCUT2D eigenvalue weighted by atomic mass is 9.87. The molecule has 0 bridgehead atoms. The van der Waals surface area contributed by atoms with Crippen molar-refractivity contribution >= 4 is 12.0 Å². The second-order valence-corrected chi connectivity index (χ2v) is 6.67. The van der Waals surface area contributed by atoms with E-state index in [1.54, 1.807) is 12.0 Å². The summed E-state index contributed by atoms with van der Waals surface area (Å²) in [5.41, 5.74) is 1.30. The van der Waals surface area contributed by atoms with Gasteiger partial charge in [-0.15, -0.1) is 0 Å². The summed E-state index contributed by atoms with van der Waals surface area (Å²) in [7, 11) is 0. The lowest BCUT2D eigenvalue weighted by Crippen LogP contribution is -2.49. The summed E-state index contributed by atoms with van der Waals surface area (Å²) in [6.45, 7) is 8.73. The molecule has 2 aliphatic rings. The zero-order chi connectivity index (χ0) is 15.1. The van der Waals surface area contributed by atoms with Crippen LogP contribution in [0.15, 0.2) is 29.2 Å². The van der Waals surface area contributed by atoms with Crippen LogP contribution < -0.4 is 0 Å². The zero-order valence-corrected chi connectivity index (χ0v) is 14.5. The summed E-state index contributed by atoms with van der Waals surface area (Å²) in [6.07, 6.45) is 7.10. The molecule has 2 fully saturated rings. The van der Waals surface area contributed by atoms with Crippen molar-refractivity contribution in [3.63, 3.8) is 0 Å². The Labute approximate surface area is 134 Å². The standard InChI is InChI=1S/C16H23NOS.C2H6/c1-13-5-7-16(8-6-13)19-18-15-11-14(12-15)17-9-3-2-4-10-17;1-2/h5-8,14-15H,2-4,9-12H2,1H3;1-2H3. The highest BCUT2D eigenvalue weighted by Crippen LogP contribution is 2.34. The number of rotatable bonds is 4. The van der Waals surface area contributed by atoms with Crippen LogP contribution in [0, 0.1) is 6.92 Å². The number of benzene rings is 1. The van der Waals surface area contributed by atoms with Crippen molar-refractivity contribution in [1.82, 2.24) is 4.90 Å². The second-order valence-electron chi connectivity index (χ2n) is 5.84. The number of aryl methyl sites for hydroxylation is 1. The Hall–Kier alpha value is -0.510. The molecule has 0 unspecified atom stereocenters. The number of piperidine rings is 1. The summed E-state index contributed by atoms with van der Waals surface area (Å²) < 4.78 is 5.91. The second kappa shape index (κ2) is 8.82. The van der Waals surface area contributed by atoms with E-state index >= 15 is 0 Å². The molecule has 118 valence electrons. The molecular weight excluding hydrogens is 278 g/mol. The molecule has 21 heavy (non-hydrogen) atoms. The Morgan fingerprint density at radius 3 is 2.24 bits per heavy atom. The van der Waals surface area contributed by atoms with Gasteiger partial charge in [0.15, 0.2) is 0 Å². The predicted molar refractivity (Wildman–Crippen MR) is 91.7 cm³/mol. The van der Waals surface area contributed by atoms with Gasteiger partial charge in [-0.1, -0.05) is 38.0 Å². The molecule has 0 radical (unpaired) electrons. The Bertz CT molecular complexity index is 394. The maximum atomic E-state index is 5.91. The molecule has 0 aromatic heterocycles. The van der Waals surface area contributed by atoms with Gasteiger partial charge >= 0.3 is 0 Å². The molecule has 1 aliphatic carbocycles. The molecule has 0 amide bonds. The minimum atomic E-state index is 0.457. The minimum absolute atomic E-state index is 0.457. The molecule has 0 N–H and O–H groups in total. The van der Waals surface area contributed by atoms with E-state index in [-0.39, 0.29) is 0 Å². The molecule has 2 nitrogen and oxygen atoms in total. The van der Waals surface area contributed by atoms with Crippen molar-refractivity contribution in [2.75, 3.05) is 13.1 Å². The molecular formula is C18H29NOS. The van der Waals surface area contributed by atoms with Gasteiger partial charge < -0.3 is 9.08 Å². The maximum Gasteiger partial charge on any atom is 0.0756 e. The van der Waals surface area contributed by atoms with E-state index in [1.165, 1.54) is 55.7 Å². The van der Waals surface area contributed by atoms with Crippen LogP contribution in [-0.4, -0.2) is 30.1 Å². The van der Waals surface area contributed by atoms with Crippen LogP contribution in [0.3, 0.4) is 0 Å². The largest absolute Gasteiger partial charge is 0.307 e. The zero-order valence-electron chi connectivity index (χ0n) is 13.7. The fraction of sp³-hybridized carbons (Fsp3) is 0.667. The Kier molecular flexibility index (Phi) is 7.08. The van der Waals surface area contributed by atoms with Crippen molar-refractivity contribution in [2.24, 2.45) is 0 Å². The highest BCUT2D eigenvalue weighted by molar-refractivity contribution is 7.94. The van der Waals surface area contributed by atoms with Gasteiger partial charge in [-0.2, -0.15) is 0 Å². The van der Waals surface area contributed by atoms with Crippen LogP contribution in [0.1, 0.15) is 51.5 Å². The molecule has 3 rings (SSSR count). The summed E-state index contributed by atoms with van der Waals surface area (Å²) in [5, 5.41) is 0. The van der Waals surface area contributed by atoms with Crippen LogP contribution in [-0.2, 0) is 4.18 Å². The number of hydrogen-bond acceptors (Lipinski definition) is 3. The van der Waals surface area contributed by atoms with Gasteiger partial charge in [-0.3, -0.25) is 0 Å². The van der Waals surface area contributed by atoms with Crippen LogP contribution in [0.4, 0.5) is 0 Å². The van der Waals surface area contributed by atoms with E-state index in [1.807, 2.05) is 13.8 Å². The molecule has 1 aromatic rings. The number of hydrogen-bond donors (Lipinski definition) is 0. The topological polar surface area (TPSA) is 12.5 Å². The van der Waals surface area contributed by atoms with Gasteiger partial charge in [-0.25, -0.2) is 0 Å². The average molecular weight is 308 g/mol. The average Bonchev–Trinajstić information content (AvgIpc) is 2.51. The van der Waals surface area contributed by atoms with E-state index in [0.717, 1.165) is 6.04 Å². The number of nitrogens with zero attached hydrogens (tertiary/aromatic N) is 1. The summed E-state index contributed by atoms with van der Waals surface area (Å²) in [6, 6.07) is 9.36. The minimum Gasteiger partial charge on any atom is -0.307 e. The lowest BCUT2D eigenvalue weighted by Gasteiger charge is -2.43. The molecule has 1 saturated heterocycles. The fourth-order valence-electron chi connectivity index (χ4n) is 2.92. The van der Waals surface area contributed by atoms with Gasteiger partial charge in [0.2, 0.25) is 0 Å². The normalized spacial score (nSPS) is 25.7. The van der Waals surface area contributed by atoms with Crippen molar-refractivity contribution in [1.29, 1.82) is 0 Å². The van der Waals surface area contributed by atoms with Gasteiger partial charge in [0.05, 0.1) is 6.10 Å². The summed E-state index contributed by atoms with van der Waals surface area (Å²) >= 11 is 1.54. The molecule has 0 spiro atoms. The monoisotopic (exact) mass is 307 g/mol. The molecule has 3 heteroatoms. The Morgan fingerprint density at radius 1 is 1.00 bits per heavy atom. The first-order valence-electron chi connectivity index (χ1n) is 8.45. The van der Waals surface area contributed by atoms with E-state index in [9.17, 15) is 0 Å². The fourth-order valence-corrected chi connectivity index (χ4v) is 3.57. The van der Waals surface area contributed by atoms with Gasteiger partial charge in [0, 0.05) is 23.0 Å². The molecule has 1 heterocycles. The first-order valence-corrected chi connectivity index (χ1v) is 9.19. The predicted octanol–water partition coefficient (Wildman–Crippen LogP) is 5.06. The van der Waals surface area contributed by atoms with Crippen molar-refractivity contribution in [3.05, 3.63) is 29.8 Å².